The van der Waals surface area contributed by atoms with Crippen LogP contribution >= 0.6 is 0 Å². The molecule has 32 heavy (non-hydrogen) atoms. The minimum absolute atomic E-state index is 0.0850. The van der Waals surface area contributed by atoms with Crippen molar-refractivity contribution < 1.29 is 14.3 Å². The molecular formula is C25H41N4O3+. The molecule has 3 fully saturated rings. The Morgan fingerprint density at radius 1 is 1.34 bits per heavy atom. The van der Waals surface area contributed by atoms with Crippen molar-refractivity contribution in [3.63, 3.8) is 0 Å². The number of anilines is 1. The summed E-state index contributed by atoms with van der Waals surface area (Å²) >= 11 is 0. The molecule has 3 saturated heterocycles. The summed E-state index contributed by atoms with van der Waals surface area (Å²) in [5.74, 6) is 1.15. The molecular weight excluding hydrogens is 404 g/mol. The Hall–Kier alpha value is -1.70. The van der Waals surface area contributed by atoms with Crippen molar-refractivity contribution in [2.75, 3.05) is 51.8 Å². The molecule has 0 radical (unpaired) electrons. The Labute approximate surface area is 192 Å². The van der Waals surface area contributed by atoms with E-state index in [1.807, 2.05) is 0 Å². The van der Waals surface area contributed by atoms with Crippen LogP contribution in [0.3, 0.4) is 0 Å². The second-order valence-electron chi connectivity index (χ2n) is 10.0. The highest BCUT2D eigenvalue weighted by atomic mass is 16.5. The van der Waals surface area contributed by atoms with Gasteiger partial charge in [0.15, 0.2) is 0 Å². The first-order valence-corrected chi connectivity index (χ1v) is 12.5. The van der Waals surface area contributed by atoms with Crippen LogP contribution < -0.4 is 15.1 Å². The van der Waals surface area contributed by atoms with Crippen molar-refractivity contribution in [2.45, 2.75) is 70.9 Å². The van der Waals surface area contributed by atoms with Gasteiger partial charge in [0.2, 0.25) is 5.82 Å². The van der Waals surface area contributed by atoms with Gasteiger partial charge in [-0.3, -0.25) is 9.28 Å². The first-order valence-electron chi connectivity index (χ1n) is 12.5. The van der Waals surface area contributed by atoms with Crippen molar-refractivity contribution in [1.29, 1.82) is 0 Å². The molecule has 3 aliphatic heterocycles. The van der Waals surface area contributed by atoms with Crippen molar-refractivity contribution in [2.24, 2.45) is 5.41 Å². The summed E-state index contributed by atoms with van der Waals surface area (Å²) in [6.07, 6.45) is 7.05. The predicted molar refractivity (Wildman–Crippen MR) is 128 cm³/mol. The molecule has 0 amide bonds. The number of aromatic nitrogens is 1. The van der Waals surface area contributed by atoms with Crippen LogP contribution in [0.4, 0.5) is 11.5 Å². The average Bonchev–Trinajstić information content (AvgIpc) is 3.48. The molecule has 3 aliphatic rings. The van der Waals surface area contributed by atoms with Crippen LogP contribution in [0.15, 0.2) is 12.1 Å². The van der Waals surface area contributed by atoms with E-state index in [9.17, 15) is 4.79 Å². The number of carbonyl (C=O) groups excluding carboxylic acids is 1. The van der Waals surface area contributed by atoms with E-state index in [0.717, 1.165) is 61.2 Å². The zero-order valence-electron chi connectivity index (χ0n) is 20.1. The van der Waals surface area contributed by atoms with Crippen LogP contribution in [0.25, 0.3) is 0 Å². The molecule has 0 spiro atoms. The predicted octanol–water partition coefficient (Wildman–Crippen LogP) is 3.40. The van der Waals surface area contributed by atoms with Crippen LogP contribution in [-0.2, 0) is 14.3 Å². The van der Waals surface area contributed by atoms with Gasteiger partial charge in [-0.25, -0.2) is 0 Å². The molecule has 4 heterocycles. The number of hydrogen-bond donors (Lipinski definition) is 2. The van der Waals surface area contributed by atoms with Gasteiger partial charge in [-0.15, -0.1) is 0 Å². The summed E-state index contributed by atoms with van der Waals surface area (Å²) in [6, 6.07) is 5.73. The molecule has 0 bridgehead atoms. The number of hydrogen-bond acceptors (Lipinski definition) is 6. The quantitative estimate of drug-likeness (QED) is 0.363. The SMILES string of the molecule is COC(=O)C1(CCCNc2ccc([N+]3([C@@H]4CCNC4)CCC[C@@H]3C)nc2C)CCOCC1. The summed E-state index contributed by atoms with van der Waals surface area (Å²) in [4.78, 5) is 17.6. The highest BCUT2D eigenvalue weighted by Crippen LogP contribution is 2.39. The summed E-state index contributed by atoms with van der Waals surface area (Å²) < 4.78 is 11.6. The van der Waals surface area contributed by atoms with Gasteiger partial charge in [0.1, 0.15) is 6.04 Å². The van der Waals surface area contributed by atoms with Gasteiger partial charge in [-0.1, -0.05) is 0 Å². The number of likely N-dealkylation sites (tertiary alicyclic amines) is 1. The zero-order chi connectivity index (χ0) is 22.6. The Morgan fingerprint density at radius 3 is 2.78 bits per heavy atom. The van der Waals surface area contributed by atoms with Crippen LogP contribution in [0.5, 0.6) is 0 Å². The average molecular weight is 446 g/mol. The summed E-state index contributed by atoms with van der Waals surface area (Å²) in [7, 11) is 1.49. The number of nitrogens with zero attached hydrogens (tertiary/aromatic N) is 2. The molecule has 2 N–H and O–H groups in total. The Balaban J connectivity index is 1.40. The van der Waals surface area contributed by atoms with Gasteiger partial charge < -0.3 is 20.1 Å². The van der Waals surface area contributed by atoms with E-state index in [1.54, 1.807) is 0 Å². The van der Waals surface area contributed by atoms with E-state index >= 15 is 0 Å². The fourth-order valence-electron chi connectivity index (χ4n) is 6.35. The normalized spacial score (nSPS) is 29.7. The fourth-order valence-corrected chi connectivity index (χ4v) is 6.35. The minimum Gasteiger partial charge on any atom is -0.469 e. The smallest absolute Gasteiger partial charge is 0.311 e. The second-order valence-corrected chi connectivity index (χ2v) is 10.0. The fraction of sp³-hybridized carbons (Fsp3) is 0.760. The third kappa shape index (κ3) is 4.39. The topological polar surface area (TPSA) is 72.5 Å². The van der Waals surface area contributed by atoms with E-state index in [-0.39, 0.29) is 11.4 Å². The monoisotopic (exact) mass is 445 g/mol. The van der Waals surface area contributed by atoms with Crippen LogP contribution in [-0.4, -0.2) is 69.5 Å². The molecule has 0 saturated carbocycles. The molecule has 4 rings (SSSR count). The van der Waals surface area contributed by atoms with Gasteiger partial charge in [0.05, 0.1) is 36.5 Å². The third-order valence-electron chi connectivity index (χ3n) is 8.34. The van der Waals surface area contributed by atoms with Crippen LogP contribution in [0.1, 0.15) is 57.6 Å². The lowest BCUT2D eigenvalue weighted by Gasteiger charge is -2.42. The van der Waals surface area contributed by atoms with Crippen LogP contribution in [0, 0.1) is 12.3 Å². The maximum Gasteiger partial charge on any atom is 0.311 e. The van der Waals surface area contributed by atoms with Gasteiger partial charge in [0, 0.05) is 58.2 Å². The lowest BCUT2D eigenvalue weighted by molar-refractivity contribution is -0.159. The van der Waals surface area contributed by atoms with E-state index < -0.39 is 0 Å². The zero-order valence-corrected chi connectivity index (χ0v) is 20.1. The van der Waals surface area contributed by atoms with E-state index in [0.29, 0.717) is 25.3 Å². The van der Waals surface area contributed by atoms with E-state index in [2.05, 4.69) is 36.6 Å². The number of aryl methyl sites for hydroxylation is 1. The van der Waals surface area contributed by atoms with Gasteiger partial charge >= 0.3 is 5.97 Å². The first kappa shape index (κ1) is 23.5. The standard InChI is InChI=1S/C25H41N4O3/c1-19-6-4-15-29(19,21-9-14-26-18-21)23-8-7-22(20(2)28-23)27-13-5-10-25(24(30)31-3)11-16-32-17-12-25/h7-8,19,21,26-27H,4-6,9-18H2,1-3H3/q+1/t19-,21+,29?/m0/s1. The van der Waals surface area contributed by atoms with Crippen LogP contribution in [0.2, 0.25) is 0 Å². The summed E-state index contributed by atoms with van der Waals surface area (Å²) in [5.41, 5.74) is 1.78. The number of methoxy groups -OCH3 is 1. The molecule has 7 heteroatoms. The highest BCUT2D eigenvalue weighted by Gasteiger charge is 2.49. The molecule has 178 valence electrons. The maximum atomic E-state index is 12.4. The Bertz CT molecular complexity index is 789. The highest BCUT2D eigenvalue weighted by molar-refractivity contribution is 5.76. The van der Waals surface area contributed by atoms with Crippen molar-refractivity contribution in [3.8, 4) is 0 Å². The van der Waals surface area contributed by atoms with Crippen molar-refractivity contribution in [1.82, 2.24) is 14.8 Å². The molecule has 7 nitrogen and oxygen atoms in total. The lowest BCUT2D eigenvalue weighted by atomic mass is 9.76. The molecule has 0 aromatic carbocycles. The molecule has 1 aromatic rings. The Kier molecular flexibility index (Phi) is 7.37. The number of carbonyl (C=O) groups is 1. The second kappa shape index (κ2) is 10.1. The number of quaternary nitrogens is 1. The largest absolute Gasteiger partial charge is 0.469 e. The number of ether oxygens (including phenoxy) is 2. The number of rotatable bonds is 8. The van der Waals surface area contributed by atoms with E-state index in [1.165, 1.54) is 38.7 Å². The molecule has 1 aromatic heterocycles. The maximum absolute atomic E-state index is 12.4. The van der Waals surface area contributed by atoms with Crippen molar-refractivity contribution >= 4 is 17.5 Å². The number of pyridine rings is 1. The lowest BCUT2D eigenvalue weighted by Crippen LogP contribution is -2.60. The Morgan fingerprint density at radius 2 is 2.16 bits per heavy atom. The summed E-state index contributed by atoms with van der Waals surface area (Å²) in [5, 5.41) is 7.14. The third-order valence-corrected chi connectivity index (χ3v) is 8.34. The van der Waals surface area contributed by atoms with Gasteiger partial charge in [-0.2, -0.15) is 4.98 Å². The number of nitrogens with one attached hydrogen (secondary N) is 2. The molecule has 0 aliphatic carbocycles. The van der Waals surface area contributed by atoms with Gasteiger partial charge in [-0.05, 0) is 45.6 Å². The molecule has 3 atom stereocenters. The van der Waals surface area contributed by atoms with E-state index in [4.69, 9.17) is 14.5 Å². The first-order chi connectivity index (χ1) is 15.5. The minimum atomic E-state index is -0.385. The van der Waals surface area contributed by atoms with Gasteiger partial charge in [0.25, 0.3) is 0 Å². The number of esters is 1. The molecule has 1 unspecified atom stereocenters. The summed E-state index contributed by atoms with van der Waals surface area (Å²) in [6.45, 7) is 10.0. The van der Waals surface area contributed by atoms with Crippen molar-refractivity contribution in [3.05, 3.63) is 17.8 Å².